The Morgan fingerprint density at radius 1 is 1.37 bits per heavy atom. The number of aromatic nitrogens is 3. The molecule has 2 aromatic heterocycles. The van der Waals surface area contributed by atoms with E-state index in [1.165, 1.54) is 5.56 Å². The van der Waals surface area contributed by atoms with Crippen molar-refractivity contribution in [2.75, 3.05) is 25.1 Å². The third-order valence-corrected chi connectivity index (χ3v) is 2.68. The van der Waals surface area contributed by atoms with Gasteiger partial charge in [0.15, 0.2) is 5.65 Å². The van der Waals surface area contributed by atoms with Gasteiger partial charge in [-0.2, -0.15) is 4.98 Å². The normalized spacial score (nSPS) is 11.4. The van der Waals surface area contributed by atoms with Gasteiger partial charge in [0.1, 0.15) is 0 Å². The molecule has 5 heteroatoms. The van der Waals surface area contributed by atoms with Gasteiger partial charge in [-0.3, -0.25) is 0 Å². The second-order valence-electron chi connectivity index (χ2n) is 5.19. The van der Waals surface area contributed by atoms with Gasteiger partial charge in [-0.25, -0.2) is 4.52 Å². The van der Waals surface area contributed by atoms with Crippen molar-refractivity contribution in [3.05, 3.63) is 23.9 Å². The van der Waals surface area contributed by atoms with Crippen LogP contribution in [0.2, 0.25) is 0 Å². The van der Waals surface area contributed by atoms with E-state index in [1.54, 1.807) is 4.52 Å². The predicted octanol–water partition coefficient (Wildman–Crippen LogP) is 2.51. The maximum absolute atomic E-state index is 5.52. The number of rotatable bonds is 7. The summed E-state index contributed by atoms with van der Waals surface area (Å²) in [6, 6.07) is 4.01. The molecular formula is C14H22N4O. The van der Waals surface area contributed by atoms with Crippen molar-refractivity contribution in [2.24, 2.45) is 5.92 Å². The smallest absolute Gasteiger partial charge is 0.243 e. The molecule has 0 saturated heterocycles. The van der Waals surface area contributed by atoms with Crippen molar-refractivity contribution in [3.63, 3.8) is 0 Å². The highest BCUT2D eigenvalue weighted by Gasteiger charge is 2.02. The summed E-state index contributed by atoms with van der Waals surface area (Å²) >= 11 is 0. The van der Waals surface area contributed by atoms with Gasteiger partial charge in [-0.1, -0.05) is 19.9 Å². The zero-order chi connectivity index (χ0) is 13.7. The summed E-state index contributed by atoms with van der Waals surface area (Å²) < 4.78 is 7.32. The van der Waals surface area contributed by atoms with E-state index in [2.05, 4.69) is 29.2 Å². The van der Waals surface area contributed by atoms with E-state index in [-0.39, 0.29) is 0 Å². The first-order valence-electron chi connectivity index (χ1n) is 6.80. The molecule has 0 radical (unpaired) electrons. The number of ether oxygens (including phenoxy) is 1. The summed E-state index contributed by atoms with van der Waals surface area (Å²) in [5, 5.41) is 7.59. The van der Waals surface area contributed by atoms with Crippen LogP contribution in [0.3, 0.4) is 0 Å². The first kappa shape index (κ1) is 13.8. The zero-order valence-electron chi connectivity index (χ0n) is 11.9. The molecular weight excluding hydrogens is 240 g/mol. The van der Waals surface area contributed by atoms with Crippen molar-refractivity contribution in [1.29, 1.82) is 0 Å². The summed E-state index contributed by atoms with van der Waals surface area (Å²) in [4.78, 5) is 4.40. The largest absolute Gasteiger partial charge is 0.381 e. The van der Waals surface area contributed by atoms with Gasteiger partial charge in [0.05, 0.1) is 0 Å². The summed E-state index contributed by atoms with van der Waals surface area (Å²) in [5.41, 5.74) is 2.04. The number of hydrogen-bond donors (Lipinski definition) is 1. The van der Waals surface area contributed by atoms with Crippen LogP contribution in [-0.2, 0) is 4.74 Å². The van der Waals surface area contributed by atoms with Crippen LogP contribution in [-0.4, -0.2) is 34.4 Å². The molecule has 19 heavy (non-hydrogen) atoms. The molecule has 2 aromatic rings. The lowest BCUT2D eigenvalue weighted by molar-refractivity contribution is 0.110. The van der Waals surface area contributed by atoms with Crippen LogP contribution in [0.15, 0.2) is 18.3 Å². The number of nitrogens with zero attached hydrogens (tertiary/aromatic N) is 3. The molecule has 1 N–H and O–H groups in total. The highest BCUT2D eigenvalue weighted by atomic mass is 16.5. The Morgan fingerprint density at radius 2 is 2.21 bits per heavy atom. The second kappa shape index (κ2) is 6.52. The molecule has 0 unspecified atom stereocenters. The van der Waals surface area contributed by atoms with Crippen LogP contribution in [0.25, 0.3) is 5.65 Å². The van der Waals surface area contributed by atoms with E-state index in [0.717, 1.165) is 31.8 Å². The fourth-order valence-electron chi connectivity index (χ4n) is 1.75. The number of anilines is 1. The van der Waals surface area contributed by atoms with Crippen molar-refractivity contribution >= 4 is 11.6 Å². The molecule has 0 amide bonds. The number of fused-ring (bicyclic) bond motifs is 1. The number of hydrogen-bond acceptors (Lipinski definition) is 4. The van der Waals surface area contributed by atoms with Crippen LogP contribution in [0, 0.1) is 12.8 Å². The predicted molar refractivity (Wildman–Crippen MR) is 76.5 cm³/mol. The molecule has 0 bridgehead atoms. The third kappa shape index (κ3) is 4.21. The summed E-state index contributed by atoms with van der Waals surface area (Å²) in [7, 11) is 0. The Labute approximate surface area is 114 Å². The first-order valence-corrected chi connectivity index (χ1v) is 6.80. The van der Waals surface area contributed by atoms with Crippen molar-refractivity contribution in [1.82, 2.24) is 14.6 Å². The standard InChI is InChI=1S/C14H22N4O/c1-11(2)10-19-8-4-7-15-14-16-13-6-5-12(3)9-18(13)17-14/h5-6,9,11H,4,7-8,10H2,1-3H3,(H,15,17). The Bertz CT molecular complexity index is 521. The summed E-state index contributed by atoms with van der Waals surface area (Å²) in [6.45, 7) is 8.78. The van der Waals surface area contributed by atoms with Crippen LogP contribution in [0.5, 0.6) is 0 Å². The van der Waals surface area contributed by atoms with E-state index in [0.29, 0.717) is 11.9 Å². The molecule has 0 spiro atoms. The fourth-order valence-corrected chi connectivity index (χ4v) is 1.75. The number of pyridine rings is 1. The number of nitrogens with one attached hydrogen (secondary N) is 1. The lowest BCUT2D eigenvalue weighted by atomic mass is 10.2. The van der Waals surface area contributed by atoms with Gasteiger partial charge >= 0.3 is 0 Å². The van der Waals surface area contributed by atoms with Crippen molar-refractivity contribution in [3.8, 4) is 0 Å². The first-order chi connectivity index (χ1) is 9.15. The van der Waals surface area contributed by atoms with Crippen molar-refractivity contribution < 1.29 is 4.74 Å². The highest BCUT2D eigenvalue weighted by molar-refractivity contribution is 5.43. The lowest BCUT2D eigenvalue weighted by Gasteiger charge is -2.06. The zero-order valence-corrected chi connectivity index (χ0v) is 11.9. The van der Waals surface area contributed by atoms with Crippen molar-refractivity contribution in [2.45, 2.75) is 27.2 Å². The Morgan fingerprint density at radius 3 is 3.00 bits per heavy atom. The lowest BCUT2D eigenvalue weighted by Crippen LogP contribution is -2.09. The maximum Gasteiger partial charge on any atom is 0.243 e. The SMILES string of the molecule is Cc1ccc2nc(NCCCOCC(C)C)nn2c1. The molecule has 0 saturated carbocycles. The Balaban J connectivity index is 1.75. The van der Waals surface area contributed by atoms with Crippen LogP contribution < -0.4 is 5.32 Å². The fraction of sp³-hybridized carbons (Fsp3) is 0.571. The topological polar surface area (TPSA) is 51.5 Å². The molecule has 0 aromatic carbocycles. The van der Waals surface area contributed by atoms with Gasteiger partial charge in [0.2, 0.25) is 5.95 Å². The average Bonchev–Trinajstić information content (AvgIpc) is 2.75. The molecule has 0 fully saturated rings. The van der Waals surface area contributed by atoms with Crippen LogP contribution in [0.1, 0.15) is 25.8 Å². The Hall–Kier alpha value is -1.62. The highest BCUT2D eigenvalue weighted by Crippen LogP contribution is 2.06. The second-order valence-corrected chi connectivity index (χ2v) is 5.19. The molecule has 0 aliphatic carbocycles. The molecule has 0 aliphatic heterocycles. The monoisotopic (exact) mass is 262 g/mol. The van der Waals surface area contributed by atoms with Gasteiger partial charge < -0.3 is 10.1 Å². The van der Waals surface area contributed by atoms with Gasteiger partial charge in [-0.05, 0) is 30.9 Å². The molecule has 5 nitrogen and oxygen atoms in total. The summed E-state index contributed by atoms with van der Waals surface area (Å²) in [6.07, 6.45) is 2.93. The molecule has 104 valence electrons. The Kier molecular flexibility index (Phi) is 4.74. The van der Waals surface area contributed by atoms with Gasteiger partial charge in [0.25, 0.3) is 0 Å². The molecule has 2 heterocycles. The number of aryl methyl sites for hydroxylation is 1. The summed E-state index contributed by atoms with van der Waals surface area (Å²) in [5.74, 6) is 1.27. The van der Waals surface area contributed by atoms with Gasteiger partial charge in [0, 0.05) is 26.0 Å². The molecule has 0 aliphatic rings. The maximum atomic E-state index is 5.52. The quantitative estimate of drug-likeness (QED) is 0.779. The van der Waals surface area contributed by atoms with E-state index >= 15 is 0 Å². The average molecular weight is 262 g/mol. The van der Waals surface area contributed by atoms with E-state index in [9.17, 15) is 0 Å². The minimum Gasteiger partial charge on any atom is -0.381 e. The minimum absolute atomic E-state index is 0.594. The van der Waals surface area contributed by atoms with Gasteiger partial charge in [-0.15, -0.1) is 5.10 Å². The van der Waals surface area contributed by atoms with E-state index in [1.807, 2.05) is 25.3 Å². The molecule has 2 rings (SSSR count). The van der Waals surface area contributed by atoms with E-state index < -0.39 is 0 Å². The van der Waals surface area contributed by atoms with Crippen LogP contribution in [0.4, 0.5) is 5.95 Å². The minimum atomic E-state index is 0.594. The van der Waals surface area contributed by atoms with E-state index in [4.69, 9.17) is 4.74 Å². The third-order valence-electron chi connectivity index (χ3n) is 2.68. The molecule has 0 atom stereocenters. The van der Waals surface area contributed by atoms with Crippen LogP contribution >= 0.6 is 0 Å².